The zero-order valence-corrected chi connectivity index (χ0v) is 28.8. The molecule has 12 heteroatoms. The number of hydrogen-bond acceptors (Lipinski definition) is 6. The van der Waals surface area contributed by atoms with E-state index < -0.39 is 34.4 Å². The van der Waals surface area contributed by atoms with E-state index in [-0.39, 0.29) is 23.5 Å². The summed E-state index contributed by atoms with van der Waals surface area (Å²) in [6.45, 7) is 1.54. The van der Waals surface area contributed by atoms with Crippen LogP contribution in [0.4, 0.5) is 5.69 Å². The molecule has 0 unspecified atom stereocenters. The molecule has 1 N–H and O–H groups in total. The Morgan fingerprint density at radius 3 is 2.09 bits per heavy atom. The number of benzene rings is 4. The molecule has 0 aliphatic heterocycles. The van der Waals surface area contributed by atoms with Crippen molar-refractivity contribution in [3.8, 4) is 5.75 Å². The van der Waals surface area contributed by atoms with E-state index in [1.165, 1.54) is 35.8 Å². The SMILES string of the molecule is CCOc1ccc(N(CC(=O)N(Cc2c(Cl)cccc2Cl)[C@@H](Cc2ccccc2)C(=O)NC)S(=O)(=O)c2ccc(SC)cc2)cc1. The molecule has 0 fully saturated rings. The fourth-order valence-electron chi connectivity index (χ4n) is 4.85. The highest BCUT2D eigenvalue weighted by atomic mass is 35.5. The summed E-state index contributed by atoms with van der Waals surface area (Å²) in [6.07, 6.45) is 2.06. The first-order valence-corrected chi connectivity index (χ1v) is 17.9. The van der Waals surface area contributed by atoms with Crippen molar-refractivity contribution in [1.82, 2.24) is 10.2 Å². The van der Waals surface area contributed by atoms with E-state index in [1.54, 1.807) is 54.6 Å². The zero-order chi connectivity index (χ0) is 33.3. The van der Waals surface area contributed by atoms with E-state index in [9.17, 15) is 18.0 Å². The Balaban J connectivity index is 1.81. The van der Waals surface area contributed by atoms with E-state index in [0.29, 0.717) is 28.0 Å². The van der Waals surface area contributed by atoms with Crippen LogP contribution in [0.3, 0.4) is 0 Å². The highest BCUT2D eigenvalue weighted by Crippen LogP contribution is 2.30. The first-order valence-electron chi connectivity index (χ1n) is 14.5. The number of hydrogen-bond donors (Lipinski definition) is 1. The number of ether oxygens (including phenoxy) is 1. The molecule has 2 amide bonds. The molecule has 4 rings (SSSR count). The van der Waals surface area contributed by atoms with Crippen LogP contribution in [-0.2, 0) is 32.6 Å². The average Bonchev–Trinajstić information content (AvgIpc) is 3.07. The van der Waals surface area contributed by atoms with Crippen LogP contribution in [0.2, 0.25) is 10.0 Å². The number of carbonyl (C=O) groups excluding carboxylic acids is 2. The van der Waals surface area contributed by atoms with Crippen LogP contribution in [0.25, 0.3) is 0 Å². The van der Waals surface area contributed by atoms with Gasteiger partial charge in [0.1, 0.15) is 18.3 Å². The minimum absolute atomic E-state index is 0.0137. The van der Waals surface area contributed by atoms with Gasteiger partial charge in [-0.2, -0.15) is 0 Å². The Morgan fingerprint density at radius 2 is 1.52 bits per heavy atom. The number of sulfonamides is 1. The Bertz CT molecular complexity index is 1720. The fourth-order valence-corrected chi connectivity index (χ4v) is 7.19. The molecule has 0 saturated carbocycles. The largest absolute Gasteiger partial charge is 0.494 e. The van der Waals surface area contributed by atoms with Crippen molar-refractivity contribution in [2.24, 2.45) is 0 Å². The van der Waals surface area contributed by atoms with Gasteiger partial charge in [-0.05, 0) is 79.4 Å². The van der Waals surface area contributed by atoms with Gasteiger partial charge in [-0.3, -0.25) is 13.9 Å². The number of anilines is 1. The average molecular weight is 701 g/mol. The maximum atomic E-state index is 14.5. The second-order valence-corrected chi connectivity index (χ2v) is 13.7. The predicted octanol–water partition coefficient (Wildman–Crippen LogP) is 6.70. The summed E-state index contributed by atoms with van der Waals surface area (Å²) in [5, 5.41) is 3.28. The van der Waals surface area contributed by atoms with Crippen molar-refractivity contribution in [3.63, 3.8) is 0 Å². The minimum Gasteiger partial charge on any atom is -0.494 e. The summed E-state index contributed by atoms with van der Waals surface area (Å²) >= 11 is 14.5. The van der Waals surface area contributed by atoms with Crippen molar-refractivity contribution in [2.75, 3.05) is 30.8 Å². The highest BCUT2D eigenvalue weighted by molar-refractivity contribution is 7.98. The molecule has 4 aromatic carbocycles. The highest BCUT2D eigenvalue weighted by Gasteiger charge is 2.35. The summed E-state index contributed by atoms with van der Waals surface area (Å²) in [7, 11) is -2.76. The summed E-state index contributed by atoms with van der Waals surface area (Å²) in [6, 6.07) is 26.1. The van der Waals surface area contributed by atoms with Gasteiger partial charge in [0, 0.05) is 40.5 Å². The lowest BCUT2D eigenvalue weighted by molar-refractivity contribution is -0.139. The number of thioether (sulfide) groups is 1. The van der Waals surface area contributed by atoms with Gasteiger partial charge in [0.05, 0.1) is 17.2 Å². The molecule has 242 valence electrons. The Hall–Kier alpha value is -3.70. The predicted molar refractivity (Wildman–Crippen MR) is 185 cm³/mol. The minimum atomic E-state index is -4.25. The van der Waals surface area contributed by atoms with Crippen LogP contribution >= 0.6 is 35.0 Å². The zero-order valence-electron chi connectivity index (χ0n) is 25.7. The van der Waals surface area contributed by atoms with E-state index in [1.807, 2.05) is 43.5 Å². The Morgan fingerprint density at radius 1 is 0.891 bits per heavy atom. The molecule has 0 radical (unpaired) electrons. The van der Waals surface area contributed by atoms with Gasteiger partial charge in [0.15, 0.2) is 0 Å². The standard InChI is InChI=1S/C34H35Cl2N3O5S2/c1-4-44-26-15-13-25(14-16-26)39(46(42,43)28-19-17-27(45-3)18-20-28)23-33(40)38(22-29-30(35)11-8-12-31(29)36)32(34(41)37-2)21-24-9-6-5-7-10-24/h5-20,32H,4,21-23H2,1-3H3,(H,37,41)/t32-/m0/s1. The molecule has 0 saturated heterocycles. The molecule has 0 aliphatic carbocycles. The molecule has 0 spiro atoms. The lowest BCUT2D eigenvalue weighted by Crippen LogP contribution is -2.53. The smallest absolute Gasteiger partial charge is 0.264 e. The first-order chi connectivity index (χ1) is 22.1. The van der Waals surface area contributed by atoms with Crippen molar-refractivity contribution in [1.29, 1.82) is 0 Å². The van der Waals surface area contributed by atoms with Crippen molar-refractivity contribution < 1.29 is 22.7 Å². The lowest BCUT2D eigenvalue weighted by Gasteiger charge is -2.34. The summed E-state index contributed by atoms with van der Waals surface area (Å²) in [5.74, 6) is -0.501. The second-order valence-electron chi connectivity index (χ2n) is 10.2. The maximum absolute atomic E-state index is 14.5. The van der Waals surface area contributed by atoms with Crippen molar-refractivity contribution >= 4 is 62.5 Å². The number of rotatable bonds is 14. The van der Waals surface area contributed by atoms with Crippen LogP contribution in [0.1, 0.15) is 18.1 Å². The monoisotopic (exact) mass is 699 g/mol. The van der Waals surface area contributed by atoms with Gasteiger partial charge in [-0.15, -0.1) is 11.8 Å². The van der Waals surface area contributed by atoms with Gasteiger partial charge in [0.25, 0.3) is 10.0 Å². The quantitative estimate of drug-likeness (QED) is 0.147. The topological polar surface area (TPSA) is 96.0 Å². The number of carbonyl (C=O) groups is 2. The van der Waals surface area contributed by atoms with Crippen molar-refractivity contribution in [2.45, 2.75) is 35.7 Å². The molecule has 4 aromatic rings. The van der Waals surface area contributed by atoms with Crippen LogP contribution in [0, 0.1) is 0 Å². The third kappa shape index (κ3) is 8.55. The lowest BCUT2D eigenvalue weighted by atomic mass is 10.0. The maximum Gasteiger partial charge on any atom is 0.264 e. The Labute approximate surface area is 284 Å². The van der Waals surface area contributed by atoms with E-state index in [4.69, 9.17) is 27.9 Å². The third-order valence-electron chi connectivity index (χ3n) is 7.27. The number of likely N-dealkylation sites (N-methyl/N-ethyl adjacent to an activating group) is 1. The van der Waals surface area contributed by atoms with Crippen LogP contribution in [0.5, 0.6) is 5.75 Å². The first kappa shape index (κ1) is 35.2. The van der Waals surface area contributed by atoms with Gasteiger partial charge >= 0.3 is 0 Å². The molecule has 1 atom stereocenters. The molecule has 46 heavy (non-hydrogen) atoms. The van der Waals surface area contributed by atoms with Crippen LogP contribution in [-0.4, -0.2) is 57.6 Å². The molecular formula is C34H35Cl2N3O5S2. The van der Waals surface area contributed by atoms with Gasteiger partial charge in [-0.1, -0.05) is 59.6 Å². The van der Waals surface area contributed by atoms with Crippen LogP contribution < -0.4 is 14.4 Å². The second kappa shape index (κ2) is 16.2. The van der Waals surface area contributed by atoms with Crippen LogP contribution in [0.15, 0.2) is 107 Å². The van der Waals surface area contributed by atoms with Gasteiger partial charge in [-0.25, -0.2) is 8.42 Å². The molecule has 0 bridgehead atoms. The molecule has 0 heterocycles. The van der Waals surface area contributed by atoms with Crippen molar-refractivity contribution in [3.05, 3.63) is 118 Å². The number of amides is 2. The molecule has 0 aromatic heterocycles. The van der Waals surface area contributed by atoms with Gasteiger partial charge < -0.3 is 15.0 Å². The van der Waals surface area contributed by atoms with E-state index in [0.717, 1.165) is 14.8 Å². The number of nitrogens with one attached hydrogen (secondary N) is 1. The molecular weight excluding hydrogens is 665 g/mol. The summed E-state index contributed by atoms with van der Waals surface area (Å²) in [4.78, 5) is 30.2. The van der Waals surface area contributed by atoms with E-state index >= 15 is 0 Å². The van der Waals surface area contributed by atoms with E-state index in [2.05, 4.69) is 5.32 Å². The number of halogens is 2. The Kier molecular flexibility index (Phi) is 12.4. The fraction of sp³-hybridized carbons (Fsp3) is 0.235. The van der Waals surface area contributed by atoms with Gasteiger partial charge in [0.2, 0.25) is 11.8 Å². The third-order valence-corrected chi connectivity index (χ3v) is 10.5. The molecule has 0 aliphatic rings. The summed E-state index contributed by atoms with van der Waals surface area (Å²) < 4.78 is 35.0. The number of nitrogens with zero attached hydrogens (tertiary/aromatic N) is 2. The molecule has 8 nitrogen and oxygen atoms in total. The normalized spacial score (nSPS) is 11.8. The summed E-state index contributed by atoms with van der Waals surface area (Å²) in [5.41, 5.74) is 1.49.